The second kappa shape index (κ2) is 2.93. The monoisotopic (exact) mass is 242 g/mol. The summed E-state index contributed by atoms with van der Waals surface area (Å²) in [5, 5.41) is 9.43. The van der Waals surface area contributed by atoms with E-state index in [4.69, 9.17) is 0 Å². The number of carbonyl (C=O) groups excluding carboxylic acids is 1. The third kappa shape index (κ3) is 1.04. The molecule has 1 aliphatic heterocycles. The highest BCUT2D eigenvalue weighted by Gasteiger charge is 2.81. The summed E-state index contributed by atoms with van der Waals surface area (Å²) in [4.78, 5) is 36.6. The van der Waals surface area contributed by atoms with Crippen molar-refractivity contribution in [2.45, 2.75) is 37.8 Å². The zero-order chi connectivity index (χ0) is 13.2. The van der Waals surface area contributed by atoms with Gasteiger partial charge in [-0.3, -0.25) is 4.79 Å². The van der Waals surface area contributed by atoms with Gasteiger partial charge in [0.25, 0.3) is 5.54 Å². The van der Waals surface area contributed by atoms with E-state index in [1.165, 1.54) is 0 Å². The van der Waals surface area contributed by atoms with Crippen LogP contribution in [-0.4, -0.2) is 51.5 Å². The molecule has 0 unspecified atom stereocenters. The van der Waals surface area contributed by atoms with Gasteiger partial charge in [0, 0.05) is 20.3 Å². The van der Waals surface area contributed by atoms with Gasteiger partial charge in [-0.15, -0.1) is 0 Å². The molecule has 2 fully saturated rings. The SMILES string of the molecule is CC1(C)C(=O)[C@H]2CC[C@@]2(C(=O)O)[N+](C)(C)[N+]1=O. The van der Waals surface area contributed by atoms with Crippen molar-refractivity contribution in [1.29, 1.82) is 0 Å². The molecule has 1 aliphatic carbocycles. The van der Waals surface area contributed by atoms with Crippen LogP contribution in [0.3, 0.4) is 0 Å². The first kappa shape index (κ1) is 12.2. The van der Waals surface area contributed by atoms with Gasteiger partial charge >= 0.3 is 11.5 Å². The van der Waals surface area contributed by atoms with Crippen LogP contribution < -0.4 is 0 Å². The molecule has 0 bridgehead atoms. The molecule has 0 amide bonds. The van der Waals surface area contributed by atoms with Crippen LogP contribution in [0.5, 0.6) is 0 Å². The minimum atomic E-state index is -1.27. The second-order valence-electron chi connectivity index (χ2n) is 5.91. The van der Waals surface area contributed by atoms with E-state index in [0.717, 1.165) is 0 Å². The highest BCUT2D eigenvalue weighted by molar-refractivity contribution is 5.96. The standard InChI is InChI=1S/C11H17N2O4/c1-10(2)8(14)7-5-6-11(7,9(15)16)13(3,4)12(10)17/h7H,5-6H2,1-4H3/q+1/p+1/t7-,11-/m1/s1. The number of aliphatic carboxylic acids is 1. The number of quaternary nitrogens is 1. The number of carbonyl (C=O) groups is 2. The fourth-order valence-electron chi connectivity index (χ4n) is 3.36. The Morgan fingerprint density at radius 3 is 2.35 bits per heavy atom. The molecule has 6 nitrogen and oxygen atoms in total. The average Bonchev–Trinajstić information content (AvgIpc) is 2.12. The van der Waals surface area contributed by atoms with Crippen LogP contribution in [0, 0.1) is 10.8 Å². The number of fused-ring (bicyclic) bond motifs is 1. The number of nitrogens with zero attached hydrogens (tertiary/aromatic N) is 2. The summed E-state index contributed by atoms with van der Waals surface area (Å²) in [6, 6.07) is 0. The molecule has 6 heteroatoms. The smallest absolute Gasteiger partial charge is 0.372 e. The number of Topliss-reactive ketones (excluding diaryl/α,β-unsaturated/α-hetero) is 1. The van der Waals surface area contributed by atoms with E-state index in [2.05, 4.69) is 0 Å². The first-order valence-electron chi connectivity index (χ1n) is 5.70. The minimum Gasteiger partial charge on any atom is -0.476 e. The summed E-state index contributed by atoms with van der Waals surface area (Å²) in [6.07, 6.45) is 0.935. The van der Waals surface area contributed by atoms with E-state index in [0.29, 0.717) is 17.7 Å². The Morgan fingerprint density at radius 2 is 2.00 bits per heavy atom. The number of rotatable bonds is 1. The largest absolute Gasteiger partial charge is 0.476 e. The van der Waals surface area contributed by atoms with Crippen molar-refractivity contribution in [3.63, 3.8) is 0 Å². The molecule has 0 aromatic carbocycles. The van der Waals surface area contributed by atoms with Gasteiger partial charge in [-0.1, -0.05) is 0 Å². The summed E-state index contributed by atoms with van der Waals surface area (Å²) < 4.78 is -0.314. The Labute approximate surface area is 99.3 Å². The van der Waals surface area contributed by atoms with E-state index >= 15 is 0 Å². The van der Waals surface area contributed by atoms with Gasteiger partial charge in [-0.25, -0.2) is 4.79 Å². The van der Waals surface area contributed by atoms with Crippen molar-refractivity contribution in [3.8, 4) is 0 Å². The summed E-state index contributed by atoms with van der Waals surface area (Å²) >= 11 is 0. The molecule has 1 saturated heterocycles. The molecule has 94 valence electrons. The van der Waals surface area contributed by atoms with Crippen LogP contribution in [0.2, 0.25) is 0 Å². The Balaban J connectivity index is 2.62. The van der Waals surface area contributed by atoms with Crippen LogP contribution in [0.4, 0.5) is 0 Å². The Hall–Kier alpha value is -1.30. The lowest BCUT2D eigenvalue weighted by molar-refractivity contribution is -1.36. The second-order valence-corrected chi connectivity index (χ2v) is 5.91. The topological polar surface area (TPSA) is 74.5 Å². The van der Waals surface area contributed by atoms with Crippen molar-refractivity contribution < 1.29 is 24.2 Å². The highest BCUT2D eigenvalue weighted by atomic mass is 16.4. The molecule has 1 heterocycles. The summed E-state index contributed by atoms with van der Waals surface area (Å²) in [5.74, 6) is -1.85. The van der Waals surface area contributed by atoms with Crippen molar-refractivity contribution in [1.82, 2.24) is 0 Å². The molecule has 1 saturated carbocycles. The molecule has 2 atom stereocenters. The number of hydrogen-bond donors (Lipinski definition) is 1. The normalized spacial score (nSPS) is 38.2. The number of likely N-dealkylation sites (N-methyl/N-ethyl adjacent to an activating group) is 1. The molecule has 0 radical (unpaired) electrons. The molecule has 0 aromatic rings. The highest BCUT2D eigenvalue weighted by Crippen LogP contribution is 2.52. The van der Waals surface area contributed by atoms with Crippen molar-refractivity contribution in [2.75, 3.05) is 14.1 Å². The zero-order valence-corrected chi connectivity index (χ0v) is 10.6. The third-order valence-electron chi connectivity index (χ3n) is 4.59. The van der Waals surface area contributed by atoms with Gasteiger partial charge in [0.15, 0.2) is 4.87 Å². The lowest BCUT2D eigenvalue weighted by atomic mass is 9.59. The van der Waals surface area contributed by atoms with E-state index in [1.54, 1.807) is 27.9 Å². The predicted octanol–water partition coefficient (Wildman–Crippen LogP) is 0.351. The van der Waals surface area contributed by atoms with Crippen LogP contribution in [0.25, 0.3) is 0 Å². The lowest BCUT2D eigenvalue weighted by Crippen LogP contribution is -2.83. The van der Waals surface area contributed by atoms with Gasteiger partial charge in [0.05, 0.1) is 10.8 Å². The first-order valence-corrected chi connectivity index (χ1v) is 5.70. The predicted molar refractivity (Wildman–Crippen MR) is 57.9 cm³/mol. The fraction of sp³-hybridized carbons (Fsp3) is 0.818. The maximum atomic E-state index is 12.3. The van der Waals surface area contributed by atoms with Gasteiger partial charge in [0.1, 0.15) is 14.1 Å². The minimum absolute atomic E-state index is 0.251. The molecular weight excluding hydrogens is 224 g/mol. The Bertz CT molecular complexity index is 441. The molecule has 1 N–H and O–H groups in total. The zero-order valence-electron chi connectivity index (χ0n) is 10.6. The maximum absolute atomic E-state index is 12.3. The van der Waals surface area contributed by atoms with Crippen LogP contribution in [0.15, 0.2) is 0 Å². The molecule has 0 spiro atoms. The lowest BCUT2D eigenvalue weighted by Gasteiger charge is -2.52. The third-order valence-corrected chi connectivity index (χ3v) is 4.59. The first-order chi connectivity index (χ1) is 7.60. The summed E-state index contributed by atoms with van der Waals surface area (Å²) in [7, 11) is 3.14. The van der Waals surface area contributed by atoms with Gasteiger partial charge in [0.2, 0.25) is 5.78 Å². The summed E-state index contributed by atoms with van der Waals surface area (Å²) in [6.45, 7) is 3.12. The molecule has 2 aliphatic rings. The average molecular weight is 242 g/mol. The summed E-state index contributed by atoms with van der Waals surface area (Å²) in [5.41, 5.74) is -2.43. The number of carboxylic acids is 1. The number of nitroso groups, excluding NO2 is 1. The van der Waals surface area contributed by atoms with Crippen LogP contribution in [-0.2, 0) is 9.59 Å². The maximum Gasteiger partial charge on any atom is 0.372 e. The van der Waals surface area contributed by atoms with Crippen molar-refractivity contribution >= 4 is 11.8 Å². The molecule has 0 aromatic heterocycles. The molecule has 2 rings (SSSR count). The number of carboxylic acid groups (broad SMARTS) is 1. The number of ketones is 1. The van der Waals surface area contributed by atoms with Crippen molar-refractivity contribution in [2.24, 2.45) is 5.92 Å². The molecular formula is C11H18N2O4+2. The van der Waals surface area contributed by atoms with E-state index < -0.39 is 23.0 Å². The van der Waals surface area contributed by atoms with Crippen molar-refractivity contribution in [3.05, 3.63) is 4.91 Å². The van der Waals surface area contributed by atoms with E-state index in [-0.39, 0.29) is 10.4 Å². The number of hydrogen-bond acceptors (Lipinski definition) is 3. The van der Waals surface area contributed by atoms with E-state index in [9.17, 15) is 19.6 Å². The van der Waals surface area contributed by atoms with Crippen LogP contribution in [0.1, 0.15) is 26.7 Å². The fourth-order valence-corrected chi connectivity index (χ4v) is 3.36. The Morgan fingerprint density at radius 1 is 1.47 bits per heavy atom. The quantitative estimate of drug-likeness (QED) is 0.532. The van der Waals surface area contributed by atoms with Gasteiger partial charge in [-0.05, 0) is 11.0 Å². The van der Waals surface area contributed by atoms with Crippen LogP contribution >= 0.6 is 0 Å². The van der Waals surface area contributed by atoms with Gasteiger partial charge < -0.3 is 5.11 Å². The van der Waals surface area contributed by atoms with E-state index in [1.807, 2.05) is 0 Å². The molecule has 17 heavy (non-hydrogen) atoms. The van der Waals surface area contributed by atoms with Gasteiger partial charge in [-0.2, -0.15) is 0 Å². The Kier molecular flexibility index (Phi) is 2.09.